The summed E-state index contributed by atoms with van der Waals surface area (Å²) in [4.78, 5) is 36.7. The van der Waals surface area contributed by atoms with E-state index >= 15 is 0 Å². The second-order valence-electron chi connectivity index (χ2n) is 6.60. The monoisotopic (exact) mass is 385 g/mol. The van der Waals surface area contributed by atoms with Crippen LogP contribution in [0, 0.1) is 5.92 Å². The first-order valence-electron chi connectivity index (χ1n) is 8.71. The summed E-state index contributed by atoms with van der Waals surface area (Å²) in [5.41, 5.74) is 1.03. The highest BCUT2D eigenvalue weighted by molar-refractivity contribution is 8.00. The normalized spacial score (nSPS) is 11.8. The standard InChI is InChI=1S/C21H23NO4S/c1-14(2)11-18(21(25)26)22-20(24)16-9-6-10-17(12-16)27-13-19(23)15-7-4-3-5-8-15/h3-10,12,14,18H,11,13H2,1-2H3,(H,22,24)(H,25,26). The third-order valence-electron chi connectivity index (χ3n) is 3.87. The number of carbonyl (C=O) groups excluding carboxylic acids is 2. The van der Waals surface area contributed by atoms with Gasteiger partial charge in [0.05, 0.1) is 5.75 Å². The number of hydrogen-bond acceptors (Lipinski definition) is 4. The molecule has 27 heavy (non-hydrogen) atoms. The maximum atomic E-state index is 12.4. The Hall–Kier alpha value is -2.60. The Morgan fingerprint density at radius 1 is 1.00 bits per heavy atom. The zero-order valence-corrected chi connectivity index (χ0v) is 16.2. The van der Waals surface area contributed by atoms with Crippen molar-refractivity contribution >= 4 is 29.4 Å². The summed E-state index contributed by atoms with van der Waals surface area (Å²) >= 11 is 1.34. The molecule has 2 aromatic rings. The topological polar surface area (TPSA) is 83.5 Å². The first kappa shape index (κ1) is 20.7. The van der Waals surface area contributed by atoms with Crippen LogP contribution < -0.4 is 5.32 Å². The Kier molecular flexibility index (Phi) is 7.61. The number of carboxylic acids is 1. The zero-order chi connectivity index (χ0) is 19.8. The Morgan fingerprint density at radius 3 is 2.30 bits per heavy atom. The SMILES string of the molecule is CC(C)CC(NC(=O)c1cccc(SCC(=O)c2ccccc2)c1)C(=O)O. The molecule has 0 bridgehead atoms. The lowest BCUT2D eigenvalue weighted by molar-refractivity contribution is -0.139. The molecule has 0 heterocycles. The average molecular weight is 385 g/mol. The highest BCUT2D eigenvalue weighted by atomic mass is 32.2. The van der Waals surface area contributed by atoms with Crippen LogP contribution in [0.3, 0.4) is 0 Å². The molecular weight excluding hydrogens is 362 g/mol. The van der Waals surface area contributed by atoms with Crippen molar-refractivity contribution in [2.24, 2.45) is 5.92 Å². The van der Waals surface area contributed by atoms with Crippen LogP contribution in [-0.2, 0) is 4.79 Å². The number of thioether (sulfide) groups is 1. The van der Waals surface area contributed by atoms with E-state index in [1.807, 2.05) is 38.1 Å². The molecule has 0 aliphatic rings. The smallest absolute Gasteiger partial charge is 0.326 e. The number of carbonyl (C=O) groups is 3. The number of hydrogen-bond donors (Lipinski definition) is 2. The van der Waals surface area contributed by atoms with E-state index in [0.717, 1.165) is 4.90 Å². The lowest BCUT2D eigenvalue weighted by Gasteiger charge is -2.16. The van der Waals surface area contributed by atoms with E-state index in [4.69, 9.17) is 0 Å². The van der Waals surface area contributed by atoms with Crippen LogP contribution in [0.1, 0.15) is 41.0 Å². The van der Waals surface area contributed by atoms with Gasteiger partial charge in [-0.25, -0.2) is 4.79 Å². The predicted molar refractivity (Wildman–Crippen MR) is 106 cm³/mol. The third-order valence-corrected chi connectivity index (χ3v) is 4.87. The van der Waals surface area contributed by atoms with Gasteiger partial charge in [-0.15, -0.1) is 11.8 Å². The molecule has 2 rings (SSSR count). The fourth-order valence-electron chi connectivity index (χ4n) is 2.52. The van der Waals surface area contributed by atoms with Crippen LogP contribution in [0.15, 0.2) is 59.5 Å². The molecule has 2 N–H and O–H groups in total. The summed E-state index contributed by atoms with van der Waals surface area (Å²) in [6.45, 7) is 3.81. The lowest BCUT2D eigenvalue weighted by Crippen LogP contribution is -2.41. The number of benzene rings is 2. The second-order valence-corrected chi connectivity index (χ2v) is 7.65. The van der Waals surface area contributed by atoms with Crippen LogP contribution in [0.5, 0.6) is 0 Å². The first-order chi connectivity index (χ1) is 12.9. The van der Waals surface area contributed by atoms with Gasteiger partial charge in [-0.3, -0.25) is 9.59 Å². The van der Waals surface area contributed by atoms with Crippen LogP contribution in [-0.4, -0.2) is 34.6 Å². The molecule has 1 atom stereocenters. The molecule has 0 fully saturated rings. The molecule has 0 aliphatic carbocycles. The lowest BCUT2D eigenvalue weighted by atomic mass is 10.0. The van der Waals surface area contributed by atoms with Gasteiger partial charge >= 0.3 is 5.97 Å². The predicted octanol–water partition coefficient (Wildman–Crippen LogP) is 3.89. The van der Waals surface area contributed by atoms with Gasteiger partial charge in [-0.2, -0.15) is 0 Å². The van der Waals surface area contributed by atoms with Crippen molar-refractivity contribution in [3.05, 3.63) is 65.7 Å². The average Bonchev–Trinajstić information content (AvgIpc) is 2.66. The minimum atomic E-state index is -1.05. The van der Waals surface area contributed by atoms with Gasteiger partial charge in [0.2, 0.25) is 0 Å². The summed E-state index contributed by atoms with van der Waals surface area (Å²) < 4.78 is 0. The van der Waals surface area contributed by atoms with Crippen molar-refractivity contribution in [1.29, 1.82) is 0 Å². The fraction of sp³-hybridized carbons (Fsp3) is 0.286. The van der Waals surface area contributed by atoms with Crippen molar-refractivity contribution in [2.75, 3.05) is 5.75 Å². The number of Topliss-reactive ketones (excluding diaryl/α,β-unsaturated/α-hetero) is 1. The van der Waals surface area contributed by atoms with Gasteiger partial charge in [-0.1, -0.05) is 50.2 Å². The van der Waals surface area contributed by atoms with E-state index in [1.165, 1.54) is 11.8 Å². The van der Waals surface area contributed by atoms with Gasteiger partial charge in [0, 0.05) is 16.0 Å². The van der Waals surface area contributed by atoms with Gasteiger partial charge in [0.1, 0.15) is 6.04 Å². The van der Waals surface area contributed by atoms with E-state index in [9.17, 15) is 19.5 Å². The third kappa shape index (κ3) is 6.57. The molecule has 1 unspecified atom stereocenters. The van der Waals surface area contributed by atoms with Crippen molar-refractivity contribution in [1.82, 2.24) is 5.32 Å². The molecule has 0 aromatic heterocycles. The molecular formula is C21H23NO4S. The Bertz CT molecular complexity index is 805. The molecule has 1 amide bonds. The van der Waals surface area contributed by atoms with E-state index < -0.39 is 17.9 Å². The fourth-order valence-corrected chi connectivity index (χ4v) is 3.37. The summed E-state index contributed by atoms with van der Waals surface area (Å²) in [6, 6.07) is 15.0. The van der Waals surface area contributed by atoms with Crippen LogP contribution in [0.2, 0.25) is 0 Å². The molecule has 6 heteroatoms. The Morgan fingerprint density at radius 2 is 1.67 bits per heavy atom. The van der Waals surface area contributed by atoms with E-state index in [0.29, 0.717) is 17.5 Å². The van der Waals surface area contributed by atoms with E-state index in [1.54, 1.807) is 30.3 Å². The highest BCUT2D eigenvalue weighted by Crippen LogP contribution is 2.21. The minimum absolute atomic E-state index is 0.0123. The highest BCUT2D eigenvalue weighted by Gasteiger charge is 2.21. The van der Waals surface area contributed by atoms with Gasteiger partial charge in [0.15, 0.2) is 5.78 Å². The van der Waals surface area contributed by atoms with Crippen molar-refractivity contribution < 1.29 is 19.5 Å². The number of aliphatic carboxylic acids is 1. The number of ketones is 1. The summed E-state index contributed by atoms with van der Waals surface area (Å²) in [7, 11) is 0. The Labute approximate surface area is 163 Å². The zero-order valence-electron chi connectivity index (χ0n) is 15.3. The maximum absolute atomic E-state index is 12.4. The summed E-state index contributed by atoms with van der Waals surface area (Å²) in [6.07, 6.45) is 0.362. The largest absolute Gasteiger partial charge is 0.480 e. The van der Waals surface area contributed by atoms with Crippen LogP contribution in [0.4, 0.5) is 0 Å². The second kappa shape index (κ2) is 9.92. The van der Waals surface area contributed by atoms with Gasteiger partial charge < -0.3 is 10.4 Å². The summed E-state index contributed by atoms with van der Waals surface area (Å²) in [5, 5.41) is 11.8. The molecule has 0 spiro atoms. The minimum Gasteiger partial charge on any atom is -0.480 e. The number of amides is 1. The number of nitrogens with one attached hydrogen (secondary N) is 1. The van der Waals surface area contributed by atoms with E-state index in [2.05, 4.69) is 5.32 Å². The maximum Gasteiger partial charge on any atom is 0.326 e. The molecule has 0 saturated heterocycles. The van der Waals surface area contributed by atoms with Crippen LogP contribution in [0.25, 0.3) is 0 Å². The number of carboxylic acid groups (broad SMARTS) is 1. The molecule has 5 nitrogen and oxygen atoms in total. The van der Waals surface area contributed by atoms with Gasteiger partial charge in [-0.05, 0) is 30.5 Å². The molecule has 0 aliphatic heterocycles. The molecule has 2 aromatic carbocycles. The molecule has 0 saturated carbocycles. The van der Waals surface area contributed by atoms with Crippen molar-refractivity contribution in [2.45, 2.75) is 31.2 Å². The van der Waals surface area contributed by atoms with Crippen LogP contribution >= 0.6 is 11.8 Å². The molecule has 0 radical (unpaired) electrons. The van der Waals surface area contributed by atoms with Gasteiger partial charge in [0.25, 0.3) is 5.91 Å². The van der Waals surface area contributed by atoms with Crippen molar-refractivity contribution in [3.63, 3.8) is 0 Å². The first-order valence-corrected chi connectivity index (χ1v) is 9.70. The quantitative estimate of drug-likeness (QED) is 0.505. The van der Waals surface area contributed by atoms with Crippen molar-refractivity contribution in [3.8, 4) is 0 Å². The Balaban J connectivity index is 2.00. The summed E-state index contributed by atoms with van der Waals surface area (Å²) in [5.74, 6) is -1.05. The number of rotatable bonds is 9. The molecule has 142 valence electrons. The van der Waals surface area contributed by atoms with E-state index in [-0.39, 0.29) is 17.5 Å².